The molecule has 0 aromatic heterocycles. The summed E-state index contributed by atoms with van der Waals surface area (Å²) in [5.41, 5.74) is 5.22. The fourth-order valence-corrected chi connectivity index (χ4v) is 4.91. The summed E-state index contributed by atoms with van der Waals surface area (Å²) in [6.07, 6.45) is 6.10. The van der Waals surface area contributed by atoms with Crippen LogP contribution < -0.4 is 11.1 Å². The Labute approximate surface area is 142 Å². The molecule has 0 aliphatic carbocycles. The molecule has 1 atom stereocenters. The van der Waals surface area contributed by atoms with Crippen molar-refractivity contribution in [2.24, 2.45) is 5.73 Å². The van der Waals surface area contributed by atoms with Gasteiger partial charge >= 0.3 is 14.8 Å². The molecule has 23 heavy (non-hydrogen) atoms. The monoisotopic (exact) mass is 348 g/mol. The Morgan fingerprint density at radius 3 is 1.65 bits per heavy atom. The molecule has 6 nitrogen and oxygen atoms in total. The summed E-state index contributed by atoms with van der Waals surface area (Å²) in [4.78, 5) is 11.1. The van der Waals surface area contributed by atoms with Crippen LogP contribution in [0.25, 0.3) is 0 Å². The maximum absolute atomic E-state index is 11.1. The number of amides is 2. The third-order valence-electron chi connectivity index (χ3n) is 3.40. The highest BCUT2D eigenvalue weighted by molar-refractivity contribution is 6.60. The van der Waals surface area contributed by atoms with Crippen LogP contribution in [0.15, 0.2) is 0 Å². The SMILES string of the molecule is CCCCO[Si](CC(C)NC(N)=O)(OCCCC)OCCCC. The zero-order valence-electron chi connectivity index (χ0n) is 15.4. The van der Waals surface area contributed by atoms with Gasteiger partial charge in [-0.2, -0.15) is 0 Å². The molecule has 2 amide bonds. The van der Waals surface area contributed by atoms with E-state index in [1.165, 1.54) is 0 Å². The molecule has 0 saturated carbocycles. The summed E-state index contributed by atoms with van der Waals surface area (Å²) in [7, 11) is -2.81. The van der Waals surface area contributed by atoms with Gasteiger partial charge in [0.2, 0.25) is 0 Å². The first-order valence-corrected chi connectivity index (χ1v) is 10.9. The van der Waals surface area contributed by atoms with E-state index in [1.807, 2.05) is 6.92 Å². The van der Waals surface area contributed by atoms with Crippen LogP contribution in [0, 0.1) is 0 Å². The van der Waals surface area contributed by atoms with Crippen LogP contribution in [0.4, 0.5) is 4.79 Å². The van der Waals surface area contributed by atoms with E-state index in [0.29, 0.717) is 25.9 Å². The van der Waals surface area contributed by atoms with E-state index in [9.17, 15) is 4.79 Å². The number of nitrogens with one attached hydrogen (secondary N) is 1. The molecular formula is C16H36N2O4Si. The number of carbonyl (C=O) groups excluding carboxylic acids is 1. The van der Waals surface area contributed by atoms with E-state index in [0.717, 1.165) is 38.5 Å². The van der Waals surface area contributed by atoms with Gasteiger partial charge < -0.3 is 24.3 Å². The lowest BCUT2D eigenvalue weighted by Crippen LogP contribution is -2.52. The van der Waals surface area contributed by atoms with Gasteiger partial charge in [-0.3, -0.25) is 0 Å². The van der Waals surface area contributed by atoms with Gasteiger partial charge in [-0.05, 0) is 26.2 Å². The van der Waals surface area contributed by atoms with Crippen LogP contribution >= 0.6 is 0 Å². The normalized spacial score (nSPS) is 13.0. The Kier molecular flexibility index (Phi) is 13.4. The summed E-state index contributed by atoms with van der Waals surface area (Å²) < 4.78 is 18.4. The second kappa shape index (κ2) is 13.8. The molecule has 0 aromatic carbocycles. The first-order valence-electron chi connectivity index (χ1n) is 8.97. The first-order chi connectivity index (χ1) is 11.0. The summed E-state index contributed by atoms with van der Waals surface area (Å²) in [5, 5.41) is 2.70. The maximum atomic E-state index is 11.1. The summed E-state index contributed by atoms with van der Waals surface area (Å²) in [5.74, 6) is 0. The molecule has 0 bridgehead atoms. The molecule has 0 radical (unpaired) electrons. The van der Waals surface area contributed by atoms with E-state index in [2.05, 4.69) is 26.1 Å². The molecule has 0 aromatic rings. The largest absolute Gasteiger partial charge is 0.503 e. The predicted octanol–water partition coefficient (Wildman–Crippen LogP) is 3.43. The number of urea groups is 1. The van der Waals surface area contributed by atoms with Crippen LogP contribution in [0.3, 0.4) is 0 Å². The van der Waals surface area contributed by atoms with E-state index >= 15 is 0 Å². The molecular weight excluding hydrogens is 312 g/mol. The molecule has 138 valence electrons. The number of rotatable bonds is 15. The van der Waals surface area contributed by atoms with Gasteiger partial charge in [0.15, 0.2) is 0 Å². The highest BCUT2D eigenvalue weighted by atomic mass is 28.4. The number of hydrogen-bond donors (Lipinski definition) is 2. The van der Waals surface area contributed by atoms with E-state index in [1.54, 1.807) is 0 Å². The van der Waals surface area contributed by atoms with Crippen LogP contribution in [-0.4, -0.2) is 40.7 Å². The molecule has 0 aliphatic heterocycles. The Morgan fingerprint density at radius 1 is 0.957 bits per heavy atom. The average molecular weight is 349 g/mol. The lowest BCUT2D eigenvalue weighted by molar-refractivity contribution is 0.0546. The van der Waals surface area contributed by atoms with Gasteiger partial charge in [0.05, 0.1) is 0 Å². The Bertz CT molecular complexity index is 279. The number of nitrogens with two attached hydrogens (primary N) is 1. The average Bonchev–Trinajstić information content (AvgIpc) is 2.47. The lowest BCUT2D eigenvalue weighted by atomic mass is 10.4. The Balaban J connectivity index is 4.87. The highest BCUT2D eigenvalue weighted by Gasteiger charge is 2.42. The molecule has 3 N–H and O–H groups in total. The molecule has 0 spiro atoms. The number of primary amides is 1. The van der Waals surface area contributed by atoms with Crippen LogP contribution in [0.2, 0.25) is 6.04 Å². The molecule has 1 unspecified atom stereocenters. The van der Waals surface area contributed by atoms with E-state index in [-0.39, 0.29) is 6.04 Å². The third-order valence-corrected chi connectivity index (χ3v) is 6.45. The minimum atomic E-state index is -2.81. The van der Waals surface area contributed by atoms with Crippen LogP contribution in [0.5, 0.6) is 0 Å². The van der Waals surface area contributed by atoms with Gasteiger partial charge in [-0.15, -0.1) is 0 Å². The minimum Gasteiger partial charge on any atom is -0.373 e. The van der Waals surface area contributed by atoms with Crippen LogP contribution in [0.1, 0.15) is 66.2 Å². The summed E-state index contributed by atoms with van der Waals surface area (Å²) >= 11 is 0. The van der Waals surface area contributed by atoms with Crippen molar-refractivity contribution in [1.29, 1.82) is 0 Å². The third kappa shape index (κ3) is 11.5. The number of unbranched alkanes of at least 4 members (excludes halogenated alkanes) is 3. The summed E-state index contributed by atoms with van der Waals surface area (Å²) in [6, 6.07) is -0.118. The van der Waals surface area contributed by atoms with Crippen molar-refractivity contribution in [3.63, 3.8) is 0 Å². The van der Waals surface area contributed by atoms with Gasteiger partial charge in [0, 0.05) is 31.9 Å². The molecule has 0 heterocycles. The lowest BCUT2D eigenvalue weighted by Gasteiger charge is -2.32. The molecule has 0 rings (SSSR count). The van der Waals surface area contributed by atoms with Crippen molar-refractivity contribution < 1.29 is 18.1 Å². The molecule has 0 aliphatic rings. The van der Waals surface area contributed by atoms with Crippen LogP contribution in [-0.2, 0) is 13.3 Å². The predicted molar refractivity (Wildman–Crippen MR) is 95.3 cm³/mol. The number of carbonyl (C=O) groups is 1. The van der Waals surface area contributed by atoms with E-state index < -0.39 is 14.8 Å². The van der Waals surface area contributed by atoms with Gasteiger partial charge in [-0.1, -0.05) is 40.0 Å². The highest BCUT2D eigenvalue weighted by Crippen LogP contribution is 2.20. The Morgan fingerprint density at radius 2 is 1.35 bits per heavy atom. The van der Waals surface area contributed by atoms with Crippen molar-refractivity contribution in [2.75, 3.05) is 19.8 Å². The fraction of sp³-hybridized carbons (Fsp3) is 0.938. The summed E-state index contributed by atoms with van der Waals surface area (Å²) in [6.45, 7) is 10.2. The van der Waals surface area contributed by atoms with Gasteiger partial charge in [0.25, 0.3) is 0 Å². The zero-order valence-corrected chi connectivity index (χ0v) is 16.4. The van der Waals surface area contributed by atoms with Crippen molar-refractivity contribution >= 4 is 14.8 Å². The van der Waals surface area contributed by atoms with Gasteiger partial charge in [-0.25, -0.2) is 4.79 Å². The zero-order chi connectivity index (χ0) is 17.6. The van der Waals surface area contributed by atoms with Crippen molar-refractivity contribution in [3.8, 4) is 0 Å². The van der Waals surface area contributed by atoms with Crippen molar-refractivity contribution in [1.82, 2.24) is 5.32 Å². The fourth-order valence-electron chi connectivity index (χ4n) is 2.09. The first kappa shape index (κ1) is 22.4. The van der Waals surface area contributed by atoms with Gasteiger partial charge in [0.1, 0.15) is 0 Å². The maximum Gasteiger partial charge on any atom is 0.503 e. The Hall–Kier alpha value is -0.633. The second-order valence-corrected chi connectivity index (χ2v) is 8.54. The standard InChI is InChI=1S/C16H36N2O4Si/c1-5-8-11-20-23(21-12-9-6-2,22-13-10-7-3)14-15(4)18-16(17)19/h15H,5-14H2,1-4H3,(H3,17,18,19). The second-order valence-electron chi connectivity index (χ2n) is 5.90. The molecule has 0 saturated heterocycles. The number of hydrogen-bond acceptors (Lipinski definition) is 4. The topological polar surface area (TPSA) is 82.8 Å². The molecule has 0 fully saturated rings. The van der Waals surface area contributed by atoms with Crippen molar-refractivity contribution in [2.45, 2.75) is 78.3 Å². The van der Waals surface area contributed by atoms with Crippen molar-refractivity contribution in [3.05, 3.63) is 0 Å². The quantitative estimate of drug-likeness (QED) is 0.351. The molecule has 7 heteroatoms. The minimum absolute atomic E-state index is 0.135. The van der Waals surface area contributed by atoms with E-state index in [4.69, 9.17) is 19.0 Å². The smallest absolute Gasteiger partial charge is 0.373 e.